The SMILES string of the molecule is CCC#CC1=CCC2C3CCC4=CC(=O)CCC4(O)C3CCC12C. The van der Waals surface area contributed by atoms with E-state index in [1.807, 2.05) is 0 Å². The number of hydrogen-bond acceptors (Lipinski definition) is 2. The Morgan fingerprint density at radius 2 is 2.08 bits per heavy atom. The predicted octanol–water partition coefficient (Wildman–Crippen LogP) is 4.19. The minimum absolute atomic E-state index is 0.200. The van der Waals surface area contributed by atoms with E-state index in [9.17, 15) is 9.90 Å². The third kappa shape index (κ3) is 2.17. The Morgan fingerprint density at radius 1 is 1.25 bits per heavy atom. The van der Waals surface area contributed by atoms with Crippen molar-refractivity contribution in [2.24, 2.45) is 23.2 Å². The molecule has 0 aromatic rings. The monoisotopic (exact) mass is 324 g/mol. The number of rotatable bonds is 0. The summed E-state index contributed by atoms with van der Waals surface area (Å²) in [4.78, 5) is 11.8. The second-order valence-corrected chi connectivity index (χ2v) is 8.44. The molecular weight excluding hydrogens is 296 g/mol. The molecule has 0 spiro atoms. The highest BCUT2D eigenvalue weighted by atomic mass is 16.3. The summed E-state index contributed by atoms with van der Waals surface area (Å²) in [5.41, 5.74) is 1.86. The van der Waals surface area contributed by atoms with Gasteiger partial charge in [0.15, 0.2) is 5.78 Å². The molecule has 0 heterocycles. The zero-order chi connectivity index (χ0) is 16.9. The van der Waals surface area contributed by atoms with E-state index in [0.29, 0.717) is 30.6 Å². The lowest BCUT2D eigenvalue weighted by Crippen LogP contribution is -2.54. The largest absolute Gasteiger partial charge is 0.385 e. The molecule has 4 aliphatic rings. The summed E-state index contributed by atoms with van der Waals surface area (Å²) in [6, 6.07) is 0. The van der Waals surface area contributed by atoms with Gasteiger partial charge in [0.1, 0.15) is 0 Å². The molecule has 24 heavy (non-hydrogen) atoms. The Kier molecular flexibility index (Phi) is 3.77. The van der Waals surface area contributed by atoms with Crippen molar-refractivity contribution in [3.05, 3.63) is 23.3 Å². The van der Waals surface area contributed by atoms with Crippen LogP contribution in [0.4, 0.5) is 0 Å². The van der Waals surface area contributed by atoms with Crippen LogP contribution in [0.15, 0.2) is 23.3 Å². The lowest BCUT2D eigenvalue weighted by Gasteiger charge is -2.56. The first-order valence-electron chi connectivity index (χ1n) is 9.65. The molecule has 128 valence electrons. The number of allylic oxidation sites excluding steroid dienone is 3. The molecule has 5 atom stereocenters. The molecule has 5 unspecified atom stereocenters. The fourth-order valence-electron chi connectivity index (χ4n) is 6.13. The molecular formula is C22H28O2. The van der Waals surface area contributed by atoms with Gasteiger partial charge in [-0.25, -0.2) is 0 Å². The van der Waals surface area contributed by atoms with Gasteiger partial charge < -0.3 is 5.11 Å². The van der Waals surface area contributed by atoms with E-state index in [-0.39, 0.29) is 11.2 Å². The lowest BCUT2D eigenvalue weighted by molar-refractivity contribution is -0.124. The number of fused-ring (bicyclic) bond motifs is 5. The summed E-state index contributed by atoms with van der Waals surface area (Å²) in [6.45, 7) is 4.50. The minimum Gasteiger partial charge on any atom is -0.385 e. The number of hydrogen-bond donors (Lipinski definition) is 1. The van der Waals surface area contributed by atoms with Crippen LogP contribution >= 0.6 is 0 Å². The van der Waals surface area contributed by atoms with Crippen molar-refractivity contribution in [1.82, 2.24) is 0 Å². The van der Waals surface area contributed by atoms with Crippen LogP contribution in [0.25, 0.3) is 0 Å². The Morgan fingerprint density at radius 3 is 2.88 bits per heavy atom. The van der Waals surface area contributed by atoms with Gasteiger partial charge in [0.05, 0.1) is 5.60 Å². The molecule has 4 rings (SSSR count). The average Bonchev–Trinajstić information content (AvgIpc) is 2.90. The molecule has 0 amide bonds. The number of aliphatic hydroxyl groups is 1. The molecule has 0 aromatic carbocycles. The highest BCUT2D eigenvalue weighted by Crippen LogP contribution is 2.62. The van der Waals surface area contributed by atoms with Crippen molar-refractivity contribution in [1.29, 1.82) is 0 Å². The summed E-state index contributed by atoms with van der Waals surface area (Å²) >= 11 is 0. The molecule has 2 saturated carbocycles. The van der Waals surface area contributed by atoms with Crippen molar-refractivity contribution >= 4 is 5.78 Å². The van der Waals surface area contributed by atoms with Gasteiger partial charge >= 0.3 is 0 Å². The number of ketones is 1. The first kappa shape index (κ1) is 16.2. The van der Waals surface area contributed by atoms with Crippen LogP contribution < -0.4 is 0 Å². The zero-order valence-corrected chi connectivity index (χ0v) is 14.9. The van der Waals surface area contributed by atoms with Gasteiger partial charge in [0.2, 0.25) is 0 Å². The van der Waals surface area contributed by atoms with Crippen LogP contribution in [0.1, 0.15) is 65.2 Å². The molecule has 0 saturated heterocycles. The fraction of sp³-hybridized carbons (Fsp3) is 0.682. The maximum Gasteiger partial charge on any atom is 0.155 e. The fourth-order valence-corrected chi connectivity index (χ4v) is 6.13. The van der Waals surface area contributed by atoms with Gasteiger partial charge in [0.25, 0.3) is 0 Å². The van der Waals surface area contributed by atoms with Gasteiger partial charge in [-0.3, -0.25) is 4.79 Å². The minimum atomic E-state index is -0.712. The van der Waals surface area contributed by atoms with Crippen LogP contribution in [0, 0.1) is 35.0 Å². The third-order valence-electron chi connectivity index (χ3n) is 7.42. The molecule has 0 bridgehead atoms. The second kappa shape index (κ2) is 5.60. The predicted molar refractivity (Wildman–Crippen MR) is 95.1 cm³/mol. The summed E-state index contributed by atoms with van der Waals surface area (Å²) in [6.07, 6.45) is 11.5. The zero-order valence-electron chi connectivity index (χ0n) is 14.9. The Hall–Kier alpha value is -1.33. The van der Waals surface area contributed by atoms with E-state index in [1.54, 1.807) is 6.08 Å². The maximum absolute atomic E-state index is 11.8. The van der Waals surface area contributed by atoms with Crippen LogP contribution in [0.3, 0.4) is 0 Å². The number of carbonyl (C=O) groups is 1. The van der Waals surface area contributed by atoms with Gasteiger partial charge in [-0.2, -0.15) is 0 Å². The standard InChI is InChI=1S/C22H28O2/c1-3-4-5-15-7-9-19-18-8-6-16-14-17(23)10-13-22(16,24)20(18)11-12-21(15,19)2/h7,14,18-20,24H,3,6,8-13H2,1-2H3. The Balaban J connectivity index is 1.64. The van der Waals surface area contributed by atoms with E-state index in [4.69, 9.17) is 0 Å². The van der Waals surface area contributed by atoms with Crippen LogP contribution in [-0.2, 0) is 4.79 Å². The van der Waals surface area contributed by atoms with E-state index >= 15 is 0 Å². The van der Waals surface area contributed by atoms with E-state index < -0.39 is 5.60 Å². The molecule has 2 fully saturated rings. The molecule has 4 aliphatic carbocycles. The molecule has 2 heteroatoms. The quantitative estimate of drug-likeness (QED) is 0.678. The first-order chi connectivity index (χ1) is 11.5. The van der Waals surface area contributed by atoms with Gasteiger partial charge in [-0.15, -0.1) is 0 Å². The highest BCUT2D eigenvalue weighted by molar-refractivity contribution is 5.92. The second-order valence-electron chi connectivity index (χ2n) is 8.44. The van der Waals surface area contributed by atoms with Crippen molar-refractivity contribution in [2.75, 3.05) is 0 Å². The third-order valence-corrected chi connectivity index (χ3v) is 7.42. The van der Waals surface area contributed by atoms with Gasteiger partial charge in [-0.05, 0) is 67.9 Å². The summed E-state index contributed by atoms with van der Waals surface area (Å²) in [5.74, 6) is 8.40. The summed E-state index contributed by atoms with van der Waals surface area (Å²) < 4.78 is 0. The molecule has 0 aliphatic heterocycles. The van der Waals surface area contributed by atoms with Gasteiger partial charge in [-0.1, -0.05) is 31.8 Å². The van der Waals surface area contributed by atoms with Crippen LogP contribution in [-0.4, -0.2) is 16.5 Å². The molecule has 2 nitrogen and oxygen atoms in total. The maximum atomic E-state index is 11.8. The molecule has 0 aromatic heterocycles. The highest BCUT2D eigenvalue weighted by Gasteiger charge is 2.58. The van der Waals surface area contributed by atoms with E-state index in [0.717, 1.165) is 44.1 Å². The van der Waals surface area contributed by atoms with Crippen LogP contribution in [0.2, 0.25) is 0 Å². The van der Waals surface area contributed by atoms with Crippen molar-refractivity contribution in [2.45, 2.75) is 70.8 Å². The smallest absolute Gasteiger partial charge is 0.155 e. The topological polar surface area (TPSA) is 37.3 Å². The summed E-state index contributed by atoms with van der Waals surface area (Å²) in [7, 11) is 0. The van der Waals surface area contributed by atoms with E-state index in [1.165, 1.54) is 5.57 Å². The van der Waals surface area contributed by atoms with Crippen LogP contribution in [0.5, 0.6) is 0 Å². The Bertz CT molecular complexity index is 688. The van der Waals surface area contributed by atoms with Crippen molar-refractivity contribution < 1.29 is 9.90 Å². The molecule has 0 radical (unpaired) electrons. The molecule has 1 N–H and O–H groups in total. The normalized spacial score (nSPS) is 43.6. The first-order valence-corrected chi connectivity index (χ1v) is 9.65. The Labute approximate surface area is 145 Å². The average molecular weight is 324 g/mol. The van der Waals surface area contributed by atoms with Crippen molar-refractivity contribution in [3.63, 3.8) is 0 Å². The number of carbonyl (C=O) groups excluding carboxylic acids is 1. The van der Waals surface area contributed by atoms with Gasteiger partial charge in [0, 0.05) is 23.8 Å². The summed E-state index contributed by atoms with van der Waals surface area (Å²) in [5, 5.41) is 11.4. The lowest BCUT2D eigenvalue weighted by atomic mass is 9.50. The van der Waals surface area contributed by atoms with E-state index in [2.05, 4.69) is 31.8 Å². The van der Waals surface area contributed by atoms with Crippen molar-refractivity contribution in [3.8, 4) is 11.8 Å².